The van der Waals surface area contributed by atoms with Gasteiger partial charge in [0.1, 0.15) is 6.61 Å². The first-order chi connectivity index (χ1) is 25.0. The highest BCUT2D eigenvalue weighted by atomic mass is 16.7. The standard InChI is InChI=1S/C44H46N2O5/c1-3-25-49-44(48)45-27-36-15-10-16-40(26-36)37-21-23-39(24-22-37)43-50-41(32(2)42(51-43)38-19-17-35(31-47)18-20-38)30-46(28-33-11-6-4-7-12-33)29-34-13-8-5-9-14-34/h3-24,26,32,41-43,47H,1,25,27-31H2,2H3,(H,45,48). The molecule has 1 fully saturated rings. The predicted molar refractivity (Wildman–Crippen MR) is 200 cm³/mol. The van der Waals surface area contributed by atoms with E-state index in [4.69, 9.17) is 14.2 Å². The van der Waals surface area contributed by atoms with E-state index in [2.05, 4.69) is 133 Å². The van der Waals surface area contributed by atoms with Crippen molar-refractivity contribution in [3.8, 4) is 11.1 Å². The summed E-state index contributed by atoms with van der Waals surface area (Å²) < 4.78 is 18.7. The van der Waals surface area contributed by atoms with Gasteiger partial charge in [0.2, 0.25) is 0 Å². The van der Waals surface area contributed by atoms with Crippen LogP contribution in [0.1, 0.15) is 52.7 Å². The molecule has 51 heavy (non-hydrogen) atoms. The largest absolute Gasteiger partial charge is 0.445 e. The third-order valence-corrected chi connectivity index (χ3v) is 9.27. The monoisotopic (exact) mass is 682 g/mol. The number of nitrogens with zero attached hydrogens (tertiary/aromatic N) is 1. The van der Waals surface area contributed by atoms with E-state index in [-0.39, 0.29) is 31.3 Å². The van der Waals surface area contributed by atoms with E-state index in [1.807, 2.05) is 24.3 Å². The minimum absolute atomic E-state index is 0.00229. The van der Waals surface area contributed by atoms with Gasteiger partial charge in [0.25, 0.3) is 0 Å². The van der Waals surface area contributed by atoms with Gasteiger partial charge in [-0.25, -0.2) is 4.79 Å². The molecule has 1 saturated heterocycles. The molecule has 5 aromatic rings. The molecule has 7 heteroatoms. The highest BCUT2D eigenvalue weighted by molar-refractivity contribution is 5.68. The SMILES string of the molecule is C=CCOC(=O)NCc1cccc(-c2ccc(C3OC(CN(Cc4ccccc4)Cc4ccccc4)C(C)C(c4ccc(CO)cc4)O3)cc2)c1. The number of hydrogen-bond acceptors (Lipinski definition) is 6. The van der Waals surface area contributed by atoms with E-state index >= 15 is 0 Å². The Morgan fingerprint density at radius 1 is 0.765 bits per heavy atom. The maximum absolute atomic E-state index is 11.9. The molecule has 2 N–H and O–H groups in total. The maximum atomic E-state index is 11.9. The van der Waals surface area contributed by atoms with Crippen molar-refractivity contribution in [2.24, 2.45) is 5.92 Å². The van der Waals surface area contributed by atoms with Crippen molar-refractivity contribution in [3.63, 3.8) is 0 Å². The fourth-order valence-corrected chi connectivity index (χ4v) is 6.50. The zero-order valence-electron chi connectivity index (χ0n) is 29.1. The molecule has 1 amide bonds. The van der Waals surface area contributed by atoms with Crippen LogP contribution in [-0.4, -0.2) is 35.4 Å². The Kier molecular flexibility index (Phi) is 12.4. The Morgan fingerprint density at radius 2 is 1.39 bits per heavy atom. The summed E-state index contributed by atoms with van der Waals surface area (Å²) in [5.74, 6) is 0.0555. The Hall–Kier alpha value is -5.05. The molecule has 4 unspecified atom stereocenters. The number of carbonyl (C=O) groups excluding carboxylic acids is 1. The molecule has 7 nitrogen and oxygen atoms in total. The highest BCUT2D eigenvalue weighted by Crippen LogP contribution is 2.42. The molecule has 1 heterocycles. The van der Waals surface area contributed by atoms with E-state index in [1.165, 1.54) is 17.2 Å². The average molecular weight is 683 g/mol. The fraction of sp³-hybridized carbons (Fsp3) is 0.250. The summed E-state index contributed by atoms with van der Waals surface area (Å²) >= 11 is 0. The van der Waals surface area contributed by atoms with Gasteiger partial charge < -0.3 is 24.6 Å². The first kappa shape index (κ1) is 35.8. The minimum Gasteiger partial charge on any atom is -0.445 e. The van der Waals surface area contributed by atoms with Crippen molar-refractivity contribution in [2.75, 3.05) is 13.2 Å². The lowest BCUT2D eigenvalue weighted by Crippen LogP contribution is -2.44. The van der Waals surface area contributed by atoms with E-state index in [0.717, 1.165) is 53.0 Å². The van der Waals surface area contributed by atoms with Crippen LogP contribution in [0.25, 0.3) is 11.1 Å². The lowest BCUT2D eigenvalue weighted by Gasteiger charge is -2.43. The number of nitrogens with one attached hydrogen (secondary N) is 1. The molecule has 0 aliphatic carbocycles. The van der Waals surface area contributed by atoms with Crippen LogP contribution in [0.2, 0.25) is 0 Å². The number of hydrogen-bond donors (Lipinski definition) is 2. The molecule has 4 atom stereocenters. The normalized spacial score (nSPS) is 18.6. The van der Waals surface area contributed by atoms with E-state index in [1.54, 1.807) is 0 Å². The summed E-state index contributed by atoms with van der Waals surface area (Å²) in [6.45, 7) is 8.61. The van der Waals surface area contributed by atoms with Crippen LogP contribution in [0.15, 0.2) is 146 Å². The Morgan fingerprint density at radius 3 is 2.02 bits per heavy atom. The Balaban J connectivity index is 1.23. The third-order valence-electron chi connectivity index (χ3n) is 9.27. The number of alkyl carbamates (subject to hydrolysis) is 1. The first-order valence-corrected chi connectivity index (χ1v) is 17.5. The molecular weight excluding hydrogens is 636 g/mol. The molecule has 1 aliphatic rings. The van der Waals surface area contributed by atoms with Gasteiger partial charge in [-0.1, -0.05) is 147 Å². The van der Waals surface area contributed by atoms with Gasteiger partial charge >= 0.3 is 6.09 Å². The van der Waals surface area contributed by atoms with Gasteiger partial charge in [0.05, 0.1) is 18.8 Å². The highest BCUT2D eigenvalue weighted by Gasteiger charge is 2.39. The van der Waals surface area contributed by atoms with Crippen molar-refractivity contribution < 1.29 is 24.1 Å². The molecule has 0 bridgehead atoms. The molecule has 0 saturated carbocycles. The number of benzene rings is 5. The molecule has 0 spiro atoms. The molecular formula is C44H46N2O5. The van der Waals surface area contributed by atoms with Crippen LogP contribution in [0.4, 0.5) is 4.79 Å². The van der Waals surface area contributed by atoms with Crippen LogP contribution in [0, 0.1) is 5.92 Å². The molecule has 5 aromatic carbocycles. The second-order valence-corrected chi connectivity index (χ2v) is 13.0. The van der Waals surface area contributed by atoms with Gasteiger partial charge in [0.15, 0.2) is 6.29 Å². The molecule has 0 aromatic heterocycles. The first-order valence-electron chi connectivity index (χ1n) is 17.5. The topological polar surface area (TPSA) is 80.3 Å². The van der Waals surface area contributed by atoms with Gasteiger partial charge in [-0.05, 0) is 45.0 Å². The van der Waals surface area contributed by atoms with Crippen molar-refractivity contribution in [1.82, 2.24) is 10.2 Å². The number of aliphatic hydroxyl groups excluding tert-OH is 1. The molecule has 1 aliphatic heterocycles. The predicted octanol–water partition coefficient (Wildman–Crippen LogP) is 8.75. The van der Waals surface area contributed by atoms with Crippen LogP contribution < -0.4 is 5.32 Å². The lowest BCUT2D eigenvalue weighted by molar-refractivity contribution is -0.276. The number of ether oxygens (including phenoxy) is 3. The van der Waals surface area contributed by atoms with Crippen LogP contribution in [0.5, 0.6) is 0 Å². The summed E-state index contributed by atoms with van der Waals surface area (Å²) in [6, 6.07) is 45.6. The van der Waals surface area contributed by atoms with Gasteiger partial charge in [-0.15, -0.1) is 0 Å². The van der Waals surface area contributed by atoms with Crippen LogP contribution in [-0.2, 0) is 40.5 Å². The fourth-order valence-electron chi connectivity index (χ4n) is 6.50. The third kappa shape index (κ3) is 9.81. The second kappa shape index (κ2) is 17.7. The van der Waals surface area contributed by atoms with Crippen molar-refractivity contribution in [2.45, 2.75) is 51.7 Å². The molecule has 262 valence electrons. The Labute approximate surface area is 301 Å². The molecule has 6 rings (SSSR count). The Bertz CT molecular complexity index is 1790. The van der Waals surface area contributed by atoms with E-state index in [0.29, 0.717) is 6.54 Å². The lowest BCUT2D eigenvalue weighted by atomic mass is 9.89. The summed E-state index contributed by atoms with van der Waals surface area (Å²) in [4.78, 5) is 14.4. The van der Waals surface area contributed by atoms with Gasteiger partial charge in [0, 0.05) is 37.7 Å². The zero-order chi connectivity index (χ0) is 35.4. The summed E-state index contributed by atoms with van der Waals surface area (Å²) in [6.07, 6.45) is 0.154. The second-order valence-electron chi connectivity index (χ2n) is 13.0. The van der Waals surface area contributed by atoms with E-state index in [9.17, 15) is 9.90 Å². The number of amides is 1. The average Bonchev–Trinajstić information content (AvgIpc) is 3.18. The smallest absolute Gasteiger partial charge is 0.407 e. The zero-order valence-corrected chi connectivity index (χ0v) is 29.1. The number of aliphatic hydroxyl groups is 1. The summed E-state index contributed by atoms with van der Waals surface area (Å²) in [5.41, 5.74) is 8.42. The minimum atomic E-state index is -0.574. The van der Waals surface area contributed by atoms with Crippen LogP contribution in [0.3, 0.4) is 0 Å². The maximum Gasteiger partial charge on any atom is 0.407 e. The number of rotatable bonds is 14. The summed E-state index contributed by atoms with van der Waals surface area (Å²) in [7, 11) is 0. The van der Waals surface area contributed by atoms with Crippen molar-refractivity contribution in [3.05, 3.63) is 179 Å². The van der Waals surface area contributed by atoms with Crippen molar-refractivity contribution in [1.29, 1.82) is 0 Å². The van der Waals surface area contributed by atoms with Gasteiger partial charge in [-0.3, -0.25) is 4.90 Å². The van der Waals surface area contributed by atoms with E-state index < -0.39 is 12.4 Å². The van der Waals surface area contributed by atoms with Crippen molar-refractivity contribution >= 4 is 6.09 Å². The quantitative estimate of drug-likeness (QED) is 0.114. The van der Waals surface area contributed by atoms with Gasteiger partial charge in [-0.2, -0.15) is 0 Å². The summed E-state index contributed by atoms with van der Waals surface area (Å²) in [5, 5.41) is 12.5. The molecule has 0 radical (unpaired) electrons. The van der Waals surface area contributed by atoms with Crippen LogP contribution >= 0.6 is 0 Å². The number of carbonyl (C=O) groups is 1.